The lowest BCUT2D eigenvalue weighted by atomic mass is 9.91. The number of nitrogens with one attached hydrogen (secondary N) is 2. The Labute approximate surface area is 188 Å². The summed E-state index contributed by atoms with van der Waals surface area (Å²) < 4.78 is 0. The first kappa shape index (κ1) is 20.7. The number of fused-ring (bicyclic) bond motifs is 3. The van der Waals surface area contributed by atoms with E-state index in [1.807, 2.05) is 30.3 Å². The number of likely N-dealkylation sites (tertiary alicyclic amines) is 1. The molecule has 1 fully saturated rings. The number of nitrogens with two attached hydrogens (primary N) is 1. The molecule has 2 aromatic carbocycles. The van der Waals surface area contributed by atoms with Crippen molar-refractivity contribution in [3.8, 4) is 0 Å². The van der Waals surface area contributed by atoms with E-state index >= 15 is 0 Å². The number of nitrogen functional groups attached to an aromatic ring is 1. The molecule has 1 saturated heterocycles. The van der Waals surface area contributed by atoms with Crippen molar-refractivity contribution in [3.63, 3.8) is 0 Å². The summed E-state index contributed by atoms with van der Waals surface area (Å²) in [5.74, 6) is 0.585. The lowest BCUT2D eigenvalue weighted by Gasteiger charge is -2.21. The molecule has 7 nitrogen and oxygen atoms in total. The molecule has 3 aliphatic rings. The zero-order valence-corrected chi connectivity index (χ0v) is 18.3. The number of hydrogen-bond acceptors (Lipinski definition) is 6. The molecule has 0 aromatic heterocycles. The number of anilines is 3. The van der Waals surface area contributed by atoms with Gasteiger partial charge in [0.25, 0.3) is 0 Å². The number of benzene rings is 2. The van der Waals surface area contributed by atoms with Gasteiger partial charge in [0, 0.05) is 35.0 Å². The van der Waals surface area contributed by atoms with Crippen LogP contribution in [0.25, 0.3) is 0 Å². The van der Waals surface area contributed by atoms with Gasteiger partial charge in [0.2, 0.25) is 11.9 Å². The summed E-state index contributed by atoms with van der Waals surface area (Å²) in [5, 5.41) is 6.34. The molecule has 1 unspecified atom stereocenters. The highest BCUT2D eigenvalue weighted by atomic mass is 16.1. The fourth-order valence-electron chi connectivity index (χ4n) is 4.73. The minimum atomic E-state index is -0.00642. The van der Waals surface area contributed by atoms with Gasteiger partial charge in [-0.25, -0.2) is 4.99 Å². The van der Waals surface area contributed by atoms with Crippen LogP contribution in [0.2, 0.25) is 0 Å². The Morgan fingerprint density at radius 1 is 1.12 bits per heavy atom. The van der Waals surface area contributed by atoms with Gasteiger partial charge in [-0.05, 0) is 87.3 Å². The van der Waals surface area contributed by atoms with Gasteiger partial charge in [0.1, 0.15) is 0 Å². The number of guanidine groups is 1. The molecule has 4 N–H and O–H groups in total. The molecule has 5 rings (SSSR count). The van der Waals surface area contributed by atoms with Crippen LogP contribution in [0.1, 0.15) is 36.8 Å². The minimum Gasteiger partial charge on any atom is -0.399 e. The molecule has 0 saturated carbocycles. The highest BCUT2D eigenvalue weighted by Gasteiger charge is 2.30. The predicted molar refractivity (Wildman–Crippen MR) is 130 cm³/mol. The number of aliphatic imine (C=N–C) groups is 2. The van der Waals surface area contributed by atoms with E-state index in [-0.39, 0.29) is 11.8 Å². The lowest BCUT2D eigenvalue weighted by molar-refractivity contribution is -0.116. The molecule has 32 heavy (non-hydrogen) atoms. The Balaban J connectivity index is 1.37. The second kappa shape index (κ2) is 9.12. The van der Waals surface area contributed by atoms with Gasteiger partial charge >= 0.3 is 0 Å². The van der Waals surface area contributed by atoms with Crippen molar-refractivity contribution < 1.29 is 4.79 Å². The lowest BCUT2D eigenvalue weighted by Crippen LogP contribution is -2.28. The first-order chi connectivity index (χ1) is 15.6. The number of hydrogen-bond donors (Lipinski definition) is 3. The predicted octanol–water partition coefficient (Wildman–Crippen LogP) is 3.53. The van der Waals surface area contributed by atoms with Crippen LogP contribution in [0.5, 0.6) is 0 Å². The molecule has 166 valence electrons. The van der Waals surface area contributed by atoms with Crippen molar-refractivity contribution >= 4 is 34.6 Å². The highest BCUT2D eigenvalue weighted by molar-refractivity contribution is 6.18. The van der Waals surface area contributed by atoms with Crippen LogP contribution in [-0.2, 0) is 11.2 Å². The number of rotatable bonds is 5. The second-order valence-corrected chi connectivity index (χ2v) is 8.89. The third-order valence-electron chi connectivity index (χ3n) is 6.45. The quantitative estimate of drug-likeness (QED) is 0.633. The molecule has 0 radical (unpaired) electrons. The Hall–Kier alpha value is -3.19. The van der Waals surface area contributed by atoms with Crippen molar-refractivity contribution in [3.05, 3.63) is 53.6 Å². The van der Waals surface area contributed by atoms with E-state index in [2.05, 4.69) is 32.7 Å². The van der Waals surface area contributed by atoms with Crippen LogP contribution in [0.15, 0.2) is 52.4 Å². The maximum absolute atomic E-state index is 12.5. The van der Waals surface area contributed by atoms with E-state index in [0.717, 1.165) is 42.0 Å². The Morgan fingerprint density at radius 2 is 1.94 bits per heavy atom. The molecule has 0 aliphatic carbocycles. The topological polar surface area (TPSA) is 95.1 Å². The fraction of sp³-hybridized carbons (Fsp3) is 0.400. The summed E-state index contributed by atoms with van der Waals surface area (Å²) in [6, 6.07) is 13.9. The second-order valence-electron chi connectivity index (χ2n) is 8.89. The Morgan fingerprint density at radius 3 is 2.75 bits per heavy atom. The van der Waals surface area contributed by atoms with E-state index in [1.165, 1.54) is 31.5 Å². The fourth-order valence-corrected chi connectivity index (χ4v) is 4.73. The molecule has 0 spiro atoms. The van der Waals surface area contributed by atoms with Gasteiger partial charge in [-0.2, -0.15) is 0 Å². The standard InChI is InChI=1S/C25H30N6O/c26-19-6-8-20(9-7-19)28-25-27-16-18-15-23(32)29-22-10-5-17(14-21(22)24(18)30-25)4-3-13-31-11-1-2-12-31/h5-10,14,18H,1-4,11-13,15-16,26H2,(H,27,28)(H,29,32). The van der Waals surface area contributed by atoms with Gasteiger partial charge in [0.15, 0.2) is 0 Å². The maximum Gasteiger partial charge on any atom is 0.225 e. The van der Waals surface area contributed by atoms with E-state index in [1.54, 1.807) is 0 Å². The van der Waals surface area contributed by atoms with E-state index < -0.39 is 0 Å². The van der Waals surface area contributed by atoms with Crippen molar-refractivity contribution in [2.75, 3.05) is 42.5 Å². The van der Waals surface area contributed by atoms with Gasteiger partial charge in [-0.15, -0.1) is 0 Å². The minimum absolute atomic E-state index is 0.00642. The molecular weight excluding hydrogens is 400 g/mol. The van der Waals surface area contributed by atoms with Gasteiger partial charge in [0.05, 0.1) is 12.3 Å². The summed E-state index contributed by atoms with van der Waals surface area (Å²) >= 11 is 0. The zero-order chi connectivity index (χ0) is 21.9. The average molecular weight is 431 g/mol. The average Bonchev–Trinajstić information content (AvgIpc) is 3.26. The third kappa shape index (κ3) is 4.67. The number of nitrogens with zero attached hydrogens (tertiary/aromatic N) is 3. The van der Waals surface area contributed by atoms with Crippen molar-refractivity contribution in [1.29, 1.82) is 0 Å². The van der Waals surface area contributed by atoms with Gasteiger partial charge < -0.3 is 21.3 Å². The molecule has 7 heteroatoms. The summed E-state index contributed by atoms with van der Waals surface area (Å²) in [5.41, 5.74) is 11.5. The normalized spacial score (nSPS) is 20.5. The number of carbonyl (C=O) groups excluding carboxylic acids is 1. The van der Waals surface area contributed by atoms with Crippen molar-refractivity contribution in [2.45, 2.75) is 32.1 Å². The molecular formula is C25H30N6O. The Kier molecular flexibility index (Phi) is 5.90. The molecule has 1 amide bonds. The summed E-state index contributed by atoms with van der Waals surface area (Å²) in [4.78, 5) is 24.5. The van der Waals surface area contributed by atoms with Crippen molar-refractivity contribution in [1.82, 2.24) is 4.90 Å². The molecule has 3 aliphatic heterocycles. The summed E-state index contributed by atoms with van der Waals surface area (Å²) in [6.07, 6.45) is 5.23. The van der Waals surface area contributed by atoms with Crippen LogP contribution in [-0.4, -0.2) is 48.7 Å². The van der Waals surface area contributed by atoms with E-state index in [4.69, 9.17) is 10.7 Å². The molecule has 2 aromatic rings. The first-order valence-electron chi connectivity index (χ1n) is 11.6. The van der Waals surface area contributed by atoms with Crippen LogP contribution in [0.3, 0.4) is 0 Å². The molecule has 0 bridgehead atoms. The monoisotopic (exact) mass is 430 g/mol. The van der Waals surface area contributed by atoms with Gasteiger partial charge in [-0.1, -0.05) is 6.07 Å². The van der Waals surface area contributed by atoms with E-state index in [9.17, 15) is 4.79 Å². The summed E-state index contributed by atoms with van der Waals surface area (Å²) in [6.45, 7) is 4.16. The largest absolute Gasteiger partial charge is 0.399 e. The zero-order valence-electron chi connectivity index (χ0n) is 18.3. The first-order valence-corrected chi connectivity index (χ1v) is 11.6. The smallest absolute Gasteiger partial charge is 0.225 e. The summed E-state index contributed by atoms with van der Waals surface area (Å²) in [7, 11) is 0. The van der Waals surface area contributed by atoms with Crippen LogP contribution in [0, 0.1) is 5.92 Å². The number of aryl methyl sites for hydroxylation is 1. The Bertz CT molecular complexity index is 1050. The van der Waals surface area contributed by atoms with Gasteiger partial charge in [-0.3, -0.25) is 9.79 Å². The maximum atomic E-state index is 12.5. The van der Waals surface area contributed by atoms with Crippen LogP contribution < -0.4 is 16.4 Å². The van der Waals surface area contributed by atoms with Crippen LogP contribution >= 0.6 is 0 Å². The highest BCUT2D eigenvalue weighted by Crippen LogP contribution is 2.30. The SMILES string of the molecule is Nc1ccc(NC2=NCC3CC(=O)Nc4ccc(CCCN5CCCC5)cc4C3=N2)cc1. The van der Waals surface area contributed by atoms with Crippen molar-refractivity contribution in [2.24, 2.45) is 15.9 Å². The number of amides is 1. The van der Waals surface area contributed by atoms with Crippen LogP contribution in [0.4, 0.5) is 17.1 Å². The number of carbonyl (C=O) groups is 1. The molecule has 3 heterocycles. The molecule has 1 atom stereocenters. The third-order valence-corrected chi connectivity index (χ3v) is 6.45. The van der Waals surface area contributed by atoms with E-state index in [0.29, 0.717) is 24.6 Å².